The molecule has 24 heavy (non-hydrogen) atoms. The van der Waals surface area contributed by atoms with E-state index >= 15 is 0 Å². The SMILES string of the molecule is Cc1ccccc1CC(=O)N1CCN(C(=O)CNCC2CC2)CC1. The van der Waals surface area contributed by atoms with Gasteiger partial charge in [-0.15, -0.1) is 0 Å². The summed E-state index contributed by atoms with van der Waals surface area (Å²) in [6.45, 7) is 5.98. The quantitative estimate of drug-likeness (QED) is 0.853. The van der Waals surface area contributed by atoms with Crippen molar-refractivity contribution >= 4 is 11.8 Å². The van der Waals surface area contributed by atoms with Crippen LogP contribution in [-0.2, 0) is 16.0 Å². The molecule has 2 aliphatic rings. The zero-order valence-electron chi connectivity index (χ0n) is 14.5. The van der Waals surface area contributed by atoms with Crippen molar-refractivity contribution in [3.8, 4) is 0 Å². The first-order valence-electron chi connectivity index (χ1n) is 8.94. The van der Waals surface area contributed by atoms with Crippen LogP contribution in [0.4, 0.5) is 0 Å². The number of nitrogens with one attached hydrogen (secondary N) is 1. The molecule has 0 bridgehead atoms. The molecule has 2 fully saturated rings. The molecular formula is C19H27N3O2. The van der Waals surface area contributed by atoms with Gasteiger partial charge < -0.3 is 15.1 Å². The van der Waals surface area contributed by atoms with Crippen LogP contribution in [0.15, 0.2) is 24.3 Å². The van der Waals surface area contributed by atoms with Gasteiger partial charge in [-0.25, -0.2) is 0 Å². The maximum absolute atomic E-state index is 12.5. The summed E-state index contributed by atoms with van der Waals surface area (Å²) < 4.78 is 0. The van der Waals surface area contributed by atoms with Crippen LogP contribution in [0, 0.1) is 12.8 Å². The van der Waals surface area contributed by atoms with Crippen molar-refractivity contribution in [1.29, 1.82) is 0 Å². The van der Waals surface area contributed by atoms with Crippen molar-refractivity contribution in [3.63, 3.8) is 0 Å². The van der Waals surface area contributed by atoms with Gasteiger partial charge in [0.2, 0.25) is 11.8 Å². The number of hydrogen-bond donors (Lipinski definition) is 1. The molecule has 1 N–H and O–H groups in total. The number of benzene rings is 1. The lowest BCUT2D eigenvalue weighted by Crippen LogP contribution is -2.52. The van der Waals surface area contributed by atoms with Crippen LogP contribution in [0.25, 0.3) is 0 Å². The first kappa shape index (κ1) is 17.0. The molecule has 1 saturated carbocycles. The van der Waals surface area contributed by atoms with E-state index in [0.29, 0.717) is 39.1 Å². The van der Waals surface area contributed by atoms with E-state index in [2.05, 4.69) is 5.32 Å². The highest BCUT2D eigenvalue weighted by Crippen LogP contribution is 2.27. The van der Waals surface area contributed by atoms with Crippen LogP contribution in [0.5, 0.6) is 0 Å². The Hall–Kier alpha value is -1.88. The van der Waals surface area contributed by atoms with Gasteiger partial charge in [-0.3, -0.25) is 9.59 Å². The molecule has 1 aromatic rings. The lowest BCUT2D eigenvalue weighted by molar-refractivity contribution is -0.138. The fraction of sp³-hybridized carbons (Fsp3) is 0.579. The average molecular weight is 329 g/mol. The summed E-state index contributed by atoms with van der Waals surface area (Å²) in [5.41, 5.74) is 2.24. The first-order chi connectivity index (χ1) is 11.6. The highest BCUT2D eigenvalue weighted by molar-refractivity contribution is 5.81. The second-order valence-electron chi connectivity index (χ2n) is 6.94. The smallest absolute Gasteiger partial charge is 0.236 e. The average Bonchev–Trinajstić information content (AvgIpc) is 3.41. The summed E-state index contributed by atoms with van der Waals surface area (Å²) in [5.74, 6) is 1.10. The summed E-state index contributed by atoms with van der Waals surface area (Å²) in [4.78, 5) is 28.4. The van der Waals surface area contributed by atoms with Crippen LogP contribution in [0.3, 0.4) is 0 Å². The number of amides is 2. The van der Waals surface area contributed by atoms with Crippen LogP contribution < -0.4 is 5.32 Å². The van der Waals surface area contributed by atoms with Gasteiger partial charge >= 0.3 is 0 Å². The number of hydrogen-bond acceptors (Lipinski definition) is 3. The standard InChI is InChI=1S/C19H27N3O2/c1-15-4-2-3-5-17(15)12-18(23)21-8-10-22(11-9-21)19(24)14-20-13-16-6-7-16/h2-5,16,20H,6-14H2,1H3. The van der Waals surface area contributed by atoms with E-state index in [1.54, 1.807) is 0 Å². The van der Waals surface area contributed by atoms with Gasteiger partial charge in [-0.05, 0) is 43.4 Å². The second kappa shape index (κ2) is 7.79. The summed E-state index contributed by atoms with van der Waals surface area (Å²) in [6.07, 6.45) is 3.04. The van der Waals surface area contributed by atoms with Crippen LogP contribution in [-0.4, -0.2) is 60.9 Å². The van der Waals surface area contributed by atoms with Crippen molar-refractivity contribution in [2.45, 2.75) is 26.2 Å². The van der Waals surface area contributed by atoms with Gasteiger partial charge in [0.25, 0.3) is 0 Å². The van der Waals surface area contributed by atoms with E-state index in [1.165, 1.54) is 12.8 Å². The minimum atomic E-state index is 0.154. The number of nitrogens with zero attached hydrogens (tertiary/aromatic N) is 2. The third-order valence-electron chi connectivity index (χ3n) is 4.99. The number of carbonyl (C=O) groups excluding carboxylic acids is 2. The van der Waals surface area contributed by atoms with E-state index in [-0.39, 0.29) is 11.8 Å². The Morgan fingerprint density at radius 1 is 1.04 bits per heavy atom. The highest BCUT2D eigenvalue weighted by atomic mass is 16.2. The molecule has 0 atom stereocenters. The van der Waals surface area contributed by atoms with Crippen LogP contribution in [0.2, 0.25) is 0 Å². The molecule has 1 heterocycles. The number of carbonyl (C=O) groups is 2. The third-order valence-corrected chi connectivity index (χ3v) is 4.99. The molecule has 130 valence electrons. The lowest BCUT2D eigenvalue weighted by Gasteiger charge is -2.35. The molecule has 1 saturated heterocycles. The molecule has 0 unspecified atom stereocenters. The summed E-state index contributed by atoms with van der Waals surface area (Å²) in [6, 6.07) is 8.01. The van der Waals surface area contributed by atoms with Crippen LogP contribution >= 0.6 is 0 Å². The lowest BCUT2D eigenvalue weighted by atomic mass is 10.1. The van der Waals surface area contributed by atoms with Crippen LogP contribution in [0.1, 0.15) is 24.0 Å². The van der Waals surface area contributed by atoms with Gasteiger partial charge in [0.15, 0.2) is 0 Å². The van der Waals surface area contributed by atoms with E-state index in [4.69, 9.17) is 0 Å². The fourth-order valence-electron chi connectivity index (χ4n) is 3.11. The zero-order chi connectivity index (χ0) is 16.9. The Bertz CT molecular complexity index is 590. The van der Waals surface area contributed by atoms with E-state index < -0.39 is 0 Å². The predicted molar refractivity (Wildman–Crippen MR) is 93.6 cm³/mol. The Labute approximate surface area is 144 Å². The molecule has 0 radical (unpaired) electrons. The highest BCUT2D eigenvalue weighted by Gasteiger charge is 2.25. The maximum atomic E-state index is 12.5. The monoisotopic (exact) mass is 329 g/mol. The van der Waals surface area contributed by atoms with Crippen molar-refractivity contribution in [2.24, 2.45) is 5.92 Å². The molecule has 1 aliphatic carbocycles. The van der Waals surface area contributed by atoms with Gasteiger partial charge in [0.05, 0.1) is 13.0 Å². The Morgan fingerprint density at radius 2 is 1.67 bits per heavy atom. The summed E-state index contributed by atoms with van der Waals surface area (Å²) >= 11 is 0. The van der Waals surface area contributed by atoms with Gasteiger partial charge in [0.1, 0.15) is 0 Å². The molecule has 0 aromatic heterocycles. The minimum Gasteiger partial charge on any atom is -0.339 e. The summed E-state index contributed by atoms with van der Waals surface area (Å²) in [7, 11) is 0. The van der Waals surface area contributed by atoms with Crippen molar-refractivity contribution in [1.82, 2.24) is 15.1 Å². The molecule has 0 spiro atoms. The number of aryl methyl sites for hydroxylation is 1. The topological polar surface area (TPSA) is 52.7 Å². The molecule has 1 aromatic carbocycles. The first-order valence-corrected chi connectivity index (χ1v) is 8.94. The molecule has 3 rings (SSSR count). The largest absolute Gasteiger partial charge is 0.339 e. The predicted octanol–water partition coefficient (Wildman–Crippen LogP) is 1.21. The normalized spacial score (nSPS) is 17.9. The molecular weight excluding hydrogens is 302 g/mol. The van der Waals surface area contributed by atoms with E-state index in [9.17, 15) is 9.59 Å². The third kappa shape index (κ3) is 4.57. The van der Waals surface area contributed by atoms with E-state index in [1.807, 2.05) is 41.0 Å². The van der Waals surface area contributed by atoms with E-state index in [0.717, 1.165) is 23.6 Å². The Morgan fingerprint density at radius 3 is 2.29 bits per heavy atom. The number of piperazine rings is 1. The molecule has 2 amide bonds. The van der Waals surface area contributed by atoms with Crippen molar-refractivity contribution in [2.75, 3.05) is 39.3 Å². The van der Waals surface area contributed by atoms with Crippen molar-refractivity contribution < 1.29 is 9.59 Å². The van der Waals surface area contributed by atoms with Gasteiger partial charge in [-0.1, -0.05) is 24.3 Å². The van der Waals surface area contributed by atoms with Gasteiger partial charge in [-0.2, -0.15) is 0 Å². The number of rotatable bonds is 6. The fourth-order valence-corrected chi connectivity index (χ4v) is 3.11. The van der Waals surface area contributed by atoms with Gasteiger partial charge in [0, 0.05) is 26.2 Å². The maximum Gasteiger partial charge on any atom is 0.236 e. The molecule has 5 heteroatoms. The Balaban J connectivity index is 1.41. The minimum absolute atomic E-state index is 0.154. The molecule has 1 aliphatic heterocycles. The second-order valence-corrected chi connectivity index (χ2v) is 6.94. The van der Waals surface area contributed by atoms with Crippen molar-refractivity contribution in [3.05, 3.63) is 35.4 Å². The summed E-state index contributed by atoms with van der Waals surface area (Å²) in [5, 5.41) is 3.25. The molecule has 5 nitrogen and oxygen atoms in total. The Kier molecular flexibility index (Phi) is 5.51. The zero-order valence-corrected chi connectivity index (χ0v) is 14.5.